The Kier molecular flexibility index (Phi) is 6.55. The Balaban J connectivity index is 1.90. The summed E-state index contributed by atoms with van der Waals surface area (Å²) in [5.41, 5.74) is 1.17. The first-order valence-electron chi connectivity index (χ1n) is 8.15. The normalized spacial score (nSPS) is 17.1. The molecule has 1 aliphatic heterocycles. The van der Waals surface area contributed by atoms with Crippen LogP contribution in [0.1, 0.15) is 22.8 Å². The minimum absolute atomic E-state index is 0.0235. The van der Waals surface area contributed by atoms with Crippen LogP contribution in [0.3, 0.4) is 0 Å². The molecule has 0 spiro atoms. The van der Waals surface area contributed by atoms with Crippen LogP contribution in [-0.4, -0.2) is 61.5 Å². The highest BCUT2D eigenvalue weighted by Gasteiger charge is 2.43. The van der Waals surface area contributed by atoms with Crippen molar-refractivity contribution < 1.29 is 22.8 Å². The van der Waals surface area contributed by atoms with Gasteiger partial charge in [-0.15, -0.1) is 0 Å². The molecule has 138 valence electrons. The fourth-order valence-corrected chi connectivity index (χ4v) is 2.76. The van der Waals surface area contributed by atoms with Gasteiger partial charge >= 0.3 is 6.18 Å². The highest BCUT2D eigenvalue weighted by atomic mass is 19.4. The van der Waals surface area contributed by atoms with Gasteiger partial charge in [-0.3, -0.25) is 14.5 Å². The summed E-state index contributed by atoms with van der Waals surface area (Å²) >= 11 is 0. The van der Waals surface area contributed by atoms with Gasteiger partial charge in [0.05, 0.1) is 6.42 Å². The molecule has 2 rings (SSSR count). The molecule has 1 heterocycles. The summed E-state index contributed by atoms with van der Waals surface area (Å²) in [5.74, 6) is -0.556. The van der Waals surface area contributed by atoms with E-state index in [0.29, 0.717) is 37.3 Å². The third kappa shape index (κ3) is 5.82. The van der Waals surface area contributed by atoms with Gasteiger partial charge < -0.3 is 10.6 Å². The van der Waals surface area contributed by atoms with Gasteiger partial charge in [-0.1, -0.05) is 24.3 Å². The first-order chi connectivity index (χ1) is 11.8. The van der Waals surface area contributed by atoms with E-state index in [9.17, 15) is 22.8 Å². The Morgan fingerprint density at radius 3 is 2.32 bits per heavy atom. The van der Waals surface area contributed by atoms with Crippen molar-refractivity contribution in [2.45, 2.75) is 25.6 Å². The molecule has 8 heteroatoms. The summed E-state index contributed by atoms with van der Waals surface area (Å²) in [6, 6.07) is 4.79. The lowest BCUT2D eigenvalue weighted by atomic mass is 10.1. The van der Waals surface area contributed by atoms with Crippen LogP contribution in [-0.2, 0) is 11.2 Å². The number of carbonyl (C=O) groups is 2. The standard InChI is InChI=1S/C17H22F3N3O2/c1-12(24)14-4-2-13(3-5-14)10-16(25)22-11-15(17(18,19)20)23-8-6-21-7-9-23/h2-5,15,21H,6-11H2,1H3,(H,22,25). The van der Waals surface area contributed by atoms with Gasteiger partial charge in [0.1, 0.15) is 6.04 Å². The summed E-state index contributed by atoms with van der Waals surface area (Å²) in [7, 11) is 0. The number of nitrogens with one attached hydrogen (secondary N) is 2. The molecule has 1 aliphatic rings. The smallest absolute Gasteiger partial charge is 0.354 e. The van der Waals surface area contributed by atoms with Crippen molar-refractivity contribution in [2.24, 2.45) is 0 Å². The van der Waals surface area contributed by atoms with E-state index in [1.807, 2.05) is 0 Å². The Morgan fingerprint density at radius 1 is 1.20 bits per heavy atom. The molecule has 1 fully saturated rings. The first kappa shape index (κ1) is 19.4. The molecule has 1 amide bonds. The second-order valence-electron chi connectivity index (χ2n) is 6.08. The largest absolute Gasteiger partial charge is 0.405 e. The van der Waals surface area contributed by atoms with Crippen LogP contribution in [0.4, 0.5) is 13.2 Å². The third-order valence-electron chi connectivity index (χ3n) is 4.19. The van der Waals surface area contributed by atoms with Crippen molar-refractivity contribution in [3.05, 3.63) is 35.4 Å². The number of amides is 1. The molecule has 2 N–H and O–H groups in total. The minimum atomic E-state index is -4.40. The van der Waals surface area contributed by atoms with E-state index >= 15 is 0 Å². The van der Waals surface area contributed by atoms with E-state index in [0.717, 1.165) is 0 Å². The summed E-state index contributed by atoms with van der Waals surface area (Å²) in [6.07, 6.45) is -4.42. The lowest BCUT2D eigenvalue weighted by Gasteiger charge is -2.35. The highest BCUT2D eigenvalue weighted by Crippen LogP contribution is 2.24. The number of carbonyl (C=O) groups excluding carboxylic acids is 2. The summed E-state index contributed by atoms with van der Waals surface area (Å²) in [4.78, 5) is 24.5. The van der Waals surface area contributed by atoms with Crippen LogP contribution in [0.2, 0.25) is 0 Å². The molecule has 0 saturated carbocycles. The molecule has 1 aromatic rings. The number of hydrogen-bond acceptors (Lipinski definition) is 4. The molecular formula is C17H22F3N3O2. The number of Topliss-reactive ketones (excluding diaryl/α,β-unsaturated/α-hetero) is 1. The van der Waals surface area contributed by atoms with E-state index in [4.69, 9.17) is 0 Å². The van der Waals surface area contributed by atoms with Crippen LogP contribution >= 0.6 is 0 Å². The quantitative estimate of drug-likeness (QED) is 0.756. The van der Waals surface area contributed by atoms with Gasteiger partial charge in [-0.2, -0.15) is 13.2 Å². The number of alkyl halides is 3. The number of halogens is 3. The molecule has 5 nitrogen and oxygen atoms in total. The number of nitrogens with zero attached hydrogens (tertiary/aromatic N) is 1. The summed E-state index contributed by atoms with van der Waals surface area (Å²) < 4.78 is 39.8. The molecule has 0 aromatic heterocycles. The zero-order chi connectivity index (χ0) is 18.4. The Hall–Kier alpha value is -1.93. The maximum absolute atomic E-state index is 13.3. The summed E-state index contributed by atoms with van der Waals surface area (Å²) in [5, 5.41) is 5.40. The number of rotatable bonds is 6. The van der Waals surface area contributed by atoms with Crippen LogP contribution < -0.4 is 10.6 Å². The van der Waals surface area contributed by atoms with E-state index < -0.39 is 24.7 Å². The van der Waals surface area contributed by atoms with Gasteiger partial charge in [-0.25, -0.2) is 0 Å². The van der Waals surface area contributed by atoms with E-state index in [1.165, 1.54) is 11.8 Å². The monoisotopic (exact) mass is 357 g/mol. The van der Waals surface area contributed by atoms with E-state index in [1.54, 1.807) is 24.3 Å². The lowest BCUT2D eigenvalue weighted by Crippen LogP contribution is -2.57. The van der Waals surface area contributed by atoms with Gasteiger partial charge in [0.25, 0.3) is 0 Å². The zero-order valence-electron chi connectivity index (χ0n) is 14.0. The fourth-order valence-electron chi connectivity index (χ4n) is 2.76. The first-order valence-corrected chi connectivity index (χ1v) is 8.15. The maximum atomic E-state index is 13.3. The van der Waals surface area contributed by atoms with Crippen molar-refractivity contribution in [1.82, 2.24) is 15.5 Å². The van der Waals surface area contributed by atoms with Crippen molar-refractivity contribution in [3.8, 4) is 0 Å². The molecule has 1 aromatic carbocycles. The Labute approximate surface area is 144 Å². The van der Waals surface area contributed by atoms with Gasteiger partial charge in [0, 0.05) is 38.3 Å². The number of ketones is 1. The molecule has 25 heavy (non-hydrogen) atoms. The Bertz CT molecular complexity index is 596. The van der Waals surface area contributed by atoms with Crippen molar-refractivity contribution in [2.75, 3.05) is 32.7 Å². The van der Waals surface area contributed by atoms with E-state index in [2.05, 4.69) is 10.6 Å². The van der Waals surface area contributed by atoms with Gasteiger partial charge in [0.15, 0.2) is 5.78 Å². The maximum Gasteiger partial charge on any atom is 0.405 e. The molecule has 1 unspecified atom stereocenters. The number of piperazine rings is 1. The molecule has 0 aliphatic carbocycles. The van der Waals surface area contributed by atoms with Gasteiger partial charge in [0.2, 0.25) is 5.91 Å². The average Bonchev–Trinajstić information content (AvgIpc) is 2.55. The van der Waals surface area contributed by atoms with Crippen LogP contribution in [0, 0.1) is 0 Å². The third-order valence-corrected chi connectivity index (χ3v) is 4.19. The van der Waals surface area contributed by atoms with Crippen LogP contribution in [0.15, 0.2) is 24.3 Å². The second kappa shape index (κ2) is 8.44. The topological polar surface area (TPSA) is 61.4 Å². The molecule has 1 saturated heterocycles. The van der Waals surface area contributed by atoms with Crippen LogP contribution in [0.25, 0.3) is 0 Å². The average molecular weight is 357 g/mol. The van der Waals surface area contributed by atoms with Crippen molar-refractivity contribution in [3.63, 3.8) is 0 Å². The zero-order valence-corrected chi connectivity index (χ0v) is 14.0. The van der Waals surface area contributed by atoms with Crippen LogP contribution in [0.5, 0.6) is 0 Å². The molecule has 0 bridgehead atoms. The molecule has 0 radical (unpaired) electrons. The summed E-state index contributed by atoms with van der Waals surface area (Å²) in [6.45, 7) is 2.58. The van der Waals surface area contributed by atoms with Gasteiger partial charge in [-0.05, 0) is 12.5 Å². The number of benzene rings is 1. The predicted molar refractivity (Wildman–Crippen MR) is 87.4 cm³/mol. The van der Waals surface area contributed by atoms with E-state index in [-0.39, 0.29) is 12.2 Å². The highest BCUT2D eigenvalue weighted by molar-refractivity contribution is 5.94. The molecular weight excluding hydrogens is 335 g/mol. The minimum Gasteiger partial charge on any atom is -0.354 e. The predicted octanol–water partition coefficient (Wildman–Crippen LogP) is 1.38. The second-order valence-corrected chi connectivity index (χ2v) is 6.08. The Morgan fingerprint density at radius 2 is 1.80 bits per heavy atom. The van der Waals surface area contributed by atoms with Crippen molar-refractivity contribution in [1.29, 1.82) is 0 Å². The SMILES string of the molecule is CC(=O)c1ccc(CC(=O)NCC(N2CCNCC2)C(F)(F)F)cc1. The number of hydrogen-bond donors (Lipinski definition) is 2. The molecule has 1 atom stereocenters. The lowest BCUT2D eigenvalue weighted by molar-refractivity contribution is -0.184. The fraction of sp³-hybridized carbons (Fsp3) is 0.529. The van der Waals surface area contributed by atoms with Crippen molar-refractivity contribution >= 4 is 11.7 Å².